The average molecular weight is 616 g/mol. The van der Waals surface area contributed by atoms with E-state index in [1.165, 1.54) is 46.6 Å². The average Bonchev–Trinajstić information content (AvgIpc) is 2.89. The quantitative estimate of drug-likeness (QED) is 0.137. The van der Waals surface area contributed by atoms with Gasteiger partial charge in [0.05, 0.1) is 37.3 Å². The minimum Gasteiger partial charge on any atom is -0.466 e. The molecule has 244 valence electrons. The van der Waals surface area contributed by atoms with E-state index in [1.807, 2.05) is 0 Å². The van der Waals surface area contributed by atoms with Crippen LogP contribution < -0.4 is 21.7 Å². The van der Waals surface area contributed by atoms with Crippen molar-refractivity contribution in [3.63, 3.8) is 0 Å². The standard InChI is InChI=1S/C27H45N5O11/c1-12(33)29-17-8-7-16(10-28)41-25(17)42-22-18(30-13(2)34)9-19(31-14(3)35)23(20(22)37)43-26-21(38)24(32(6)15(4)36)27(5,39)11-40-26/h7,17-26,37-39H,8-11,28H2,1-6H3,(H,29,33)(H,30,34)(H,31,35). The fourth-order valence-corrected chi connectivity index (χ4v) is 5.87. The molecule has 8 N–H and O–H groups in total. The lowest BCUT2D eigenvalue weighted by atomic mass is 9.82. The van der Waals surface area contributed by atoms with Gasteiger partial charge in [0.25, 0.3) is 0 Å². The van der Waals surface area contributed by atoms with Gasteiger partial charge >= 0.3 is 0 Å². The molecule has 1 saturated heterocycles. The second kappa shape index (κ2) is 14.3. The second-order valence-corrected chi connectivity index (χ2v) is 11.5. The zero-order chi connectivity index (χ0) is 32.2. The van der Waals surface area contributed by atoms with Crippen LogP contribution in [-0.4, -0.2) is 131 Å². The van der Waals surface area contributed by atoms with Crippen molar-refractivity contribution in [2.24, 2.45) is 5.73 Å². The minimum atomic E-state index is -1.63. The minimum absolute atomic E-state index is 0.0277. The Kier molecular flexibility index (Phi) is 11.5. The number of nitrogens with two attached hydrogens (primary N) is 1. The van der Waals surface area contributed by atoms with Gasteiger partial charge in [-0.3, -0.25) is 19.2 Å². The predicted octanol–water partition coefficient (Wildman–Crippen LogP) is -3.06. The van der Waals surface area contributed by atoms with Crippen LogP contribution in [0, 0.1) is 0 Å². The van der Waals surface area contributed by atoms with E-state index >= 15 is 0 Å². The fraction of sp³-hybridized carbons (Fsp3) is 0.778. The SMILES string of the molecule is CC(=O)NC1CC=C(CN)OC1OC1C(NC(C)=O)CC(NC(C)=O)C(OC2OCC(C)(O)C(N(C)C(C)=O)C2O)C1O. The summed E-state index contributed by atoms with van der Waals surface area (Å²) < 4.78 is 23.9. The maximum Gasteiger partial charge on any atom is 0.220 e. The van der Waals surface area contributed by atoms with Crippen molar-refractivity contribution in [3.8, 4) is 0 Å². The first-order valence-corrected chi connectivity index (χ1v) is 14.2. The van der Waals surface area contributed by atoms with Crippen LogP contribution in [0.3, 0.4) is 0 Å². The van der Waals surface area contributed by atoms with E-state index < -0.39 is 84.5 Å². The largest absolute Gasteiger partial charge is 0.466 e. The third-order valence-corrected chi connectivity index (χ3v) is 7.81. The van der Waals surface area contributed by atoms with Crippen LogP contribution in [-0.2, 0) is 38.1 Å². The van der Waals surface area contributed by atoms with Crippen molar-refractivity contribution in [1.29, 1.82) is 0 Å². The van der Waals surface area contributed by atoms with Gasteiger partial charge in [0.1, 0.15) is 35.8 Å². The Balaban J connectivity index is 1.94. The highest BCUT2D eigenvalue weighted by molar-refractivity contribution is 5.74. The highest BCUT2D eigenvalue weighted by Gasteiger charge is 2.54. The number of rotatable bonds is 9. The Labute approximate surface area is 250 Å². The molecule has 3 rings (SSSR count). The summed E-state index contributed by atoms with van der Waals surface area (Å²) in [4.78, 5) is 49.5. The summed E-state index contributed by atoms with van der Waals surface area (Å²) in [5, 5.41) is 42.0. The zero-order valence-corrected chi connectivity index (χ0v) is 25.3. The van der Waals surface area contributed by atoms with Gasteiger partial charge in [-0.2, -0.15) is 0 Å². The number of nitrogens with zero attached hydrogens (tertiary/aromatic N) is 1. The first kappa shape index (κ1) is 34.6. The summed E-state index contributed by atoms with van der Waals surface area (Å²) in [6.07, 6.45) is -6.06. The molecule has 0 spiro atoms. The van der Waals surface area contributed by atoms with Crippen LogP contribution in [0.5, 0.6) is 0 Å². The molecule has 0 radical (unpaired) electrons. The van der Waals surface area contributed by atoms with Crippen molar-refractivity contribution in [3.05, 3.63) is 11.8 Å². The Hall–Kier alpha value is -2.86. The normalized spacial score (nSPS) is 37.8. The summed E-state index contributed by atoms with van der Waals surface area (Å²) in [5.41, 5.74) is 4.13. The van der Waals surface area contributed by atoms with Gasteiger partial charge in [0, 0.05) is 34.7 Å². The van der Waals surface area contributed by atoms with E-state index in [2.05, 4.69) is 16.0 Å². The smallest absolute Gasteiger partial charge is 0.220 e. The maximum atomic E-state index is 12.2. The summed E-state index contributed by atoms with van der Waals surface area (Å²) >= 11 is 0. The molecule has 1 saturated carbocycles. The number of nitrogens with one attached hydrogen (secondary N) is 3. The number of carbonyl (C=O) groups excluding carboxylic acids is 4. The topological polar surface area (TPSA) is 231 Å². The lowest BCUT2D eigenvalue weighted by Gasteiger charge is -2.50. The van der Waals surface area contributed by atoms with Crippen molar-refractivity contribution in [1.82, 2.24) is 20.9 Å². The molecule has 0 aromatic carbocycles. The lowest BCUT2D eigenvalue weighted by Crippen LogP contribution is -2.70. The van der Waals surface area contributed by atoms with E-state index in [0.29, 0.717) is 12.2 Å². The molecule has 11 unspecified atom stereocenters. The number of aliphatic hydroxyl groups excluding tert-OH is 2. The van der Waals surface area contributed by atoms with Gasteiger partial charge in [-0.15, -0.1) is 0 Å². The summed E-state index contributed by atoms with van der Waals surface area (Å²) in [6, 6.07) is -3.53. The van der Waals surface area contributed by atoms with Gasteiger partial charge in [-0.05, 0) is 25.8 Å². The monoisotopic (exact) mass is 615 g/mol. The van der Waals surface area contributed by atoms with E-state index in [0.717, 1.165) is 0 Å². The van der Waals surface area contributed by atoms with Gasteiger partial charge in [0.2, 0.25) is 29.9 Å². The number of ether oxygens (including phenoxy) is 4. The second-order valence-electron chi connectivity index (χ2n) is 11.5. The van der Waals surface area contributed by atoms with Gasteiger partial charge in [0.15, 0.2) is 6.29 Å². The Morgan fingerprint density at radius 2 is 1.47 bits per heavy atom. The molecule has 43 heavy (non-hydrogen) atoms. The Morgan fingerprint density at radius 3 is 1.95 bits per heavy atom. The van der Waals surface area contributed by atoms with Crippen molar-refractivity contribution in [2.75, 3.05) is 20.2 Å². The molecule has 0 aromatic rings. The zero-order valence-electron chi connectivity index (χ0n) is 25.3. The van der Waals surface area contributed by atoms with Crippen LogP contribution in [0.1, 0.15) is 47.5 Å². The molecule has 2 heterocycles. The number of hydrogen-bond acceptors (Lipinski definition) is 12. The summed E-state index contributed by atoms with van der Waals surface area (Å²) in [7, 11) is 1.42. The molecule has 0 aromatic heterocycles. The van der Waals surface area contributed by atoms with Gasteiger partial charge in [-0.25, -0.2) is 0 Å². The van der Waals surface area contributed by atoms with E-state index in [1.54, 1.807) is 6.08 Å². The molecular formula is C27H45N5O11. The van der Waals surface area contributed by atoms with Gasteiger partial charge in [-0.1, -0.05) is 0 Å². The van der Waals surface area contributed by atoms with Gasteiger partial charge < -0.3 is 60.9 Å². The first-order chi connectivity index (χ1) is 20.0. The van der Waals surface area contributed by atoms with Crippen molar-refractivity contribution >= 4 is 23.6 Å². The van der Waals surface area contributed by atoms with E-state index in [-0.39, 0.29) is 25.5 Å². The summed E-state index contributed by atoms with van der Waals surface area (Å²) in [5.74, 6) is -1.24. The van der Waals surface area contributed by atoms with Crippen LogP contribution in [0.25, 0.3) is 0 Å². The number of amides is 4. The van der Waals surface area contributed by atoms with E-state index in [9.17, 15) is 34.5 Å². The number of aliphatic hydroxyl groups is 3. The molecule has 1 aliphatic carbocycles. The molecule has 4 amide bonds. The number of likely N-dealkylation sites (N-methyl/N-ethyl adjacent to an activating group) is 1. The van der Waals surface area contributed by atoms with Crippen LogP contribution in [0.4, 0.5) is 0 Å². The Morgan fingerprint density at radius 1 is 0.953 bits per heavy atom. The van der Waals surface area contributed by atoms with Crippen LogP contribution in [0.2, 0.25) is 0 Å². The van der Waals surface area contributed by atoms with Crippen molar-refractivity contribution in [2.45, 2.75) is 114 Å². The first-order valence-electron chi connectivity index (χ1n) is 14.2. The number of carbonyl (C=O) groups is 4. The third kappa shape index (κ3) is 8.41. The molecular weight excluding hydrogens is 570 g/mol. The molecule has 11 atom stereocenters. The third-order valence-electron chi connectivity index (χ3n) is 7.81. The Bertz CT molecular complexity index is 1070. The molecule has 16 heteroatoms. The number of hydrogen-bond donors (Lipinski definition) is 7. The molecule has 16 nitrogen and oxygen atoms in total. The van der Waals surface area contributed by atoms with Crippen LogP contribution in [0.15, 0.2) is 11.8 Å². The van der Waals surface area contributed by atoms with Crippen LogP contribution >= 0.6 is 0 Å². The summed E-state index contributed by atoms with van der Waals surface area (Å²) in [6.45, 7) is 6.32. The molecule has 2 fully saturated rings. The predicted molar refractivity (Wildman–Crippen MR) is 148 cm³/mol. The highest BCUT2D eigenvalue weighted by Crippen LogP contribution is 2.34. The lowest BCUT2D eigenvalue weighted by molar-refractivity contribution is -0.311. The fourth-order valence-electron chi connectivity index (χ4n) is 5.87. The molecule has 0 bridgehead atoms. The maximum absolute atomic E-state index is 12.2. The highest BCUT2D eigenvalue weighted by atomic mass is 16.7. The van der Waals surface area contributed by atoms with E-state index in [4.69, 9.17) is 24.7 Å². The molecule has 2 aliphatic heterocycles. The molecule has 3 aliphatic rings. The van der Waals surface area contributed by atoms with Crippen molar-refractivity contribution < 1.29 is 53.4 Å².